The normalized spacial score (nSPS) is 10.7. The van der Waals surface area contributed by atoms with Gasteiger partial charge in [-0.1, -0.05) is 17.3 Å². The molecule has 2 aromatic heterocycles. The second-order valence-corrected chi connectivity index (χ2v) is 6.75. The summed E-state index contributed by atoms with van der Waals surface area (Å²) in [7, 11) is 0. The fourth-order valence-corrected chi connectivity index (χ4v) is 3.12. The Morgan fingerprint density at radius 3 is 2.52 bits per heavy atom. The highest BCUT2D eigenvalue weighted by molar-refractivity contribution is 5.95. The molecule has 3 rings (SSSR count). The number of carbonyl (C=O) groups excluding carboxylic acids is 1. The van der Waals surface area contributed by atoms with Crippen molar-refractivity contribution in [2.75, 3.05) is 13.2 Å². The van der Waals surface area contributed by atoms with Crippen LogP contribution in [-0.2, 0) is 11.2 Å². The minimum absolute atomic E-state index is 0.147. The molecule has 0 fully saturated rings. The number of carboxylic acids is 1. The molecule has 152 valence electrons. The quantitative estimate of drug-likeness (QED) is 0.605. The Morgan fingerprint density at radius 2 is 1.90 bits per heavy atom. The molecule has 1 aromatic carbocycles. The summed E-state index contributed by atoms with van der Waals surface area (Å²) in [5.74, 6) is 0.691. The summed E-state index contributed by atoms with van der Waals surface area (Å²) >= 11 is 0. The molecule has 0 aliphatic heterocycles. The number of aliphatic carboxylic acids is 1. The monoisotopic (exact) mass is 397 g/mol. The van der Waals surface area contributed by atoms with Gasteiger partial charge in [-0.05, 0) is 51.0 Å². The zero-order chi connectivity index (χ0) is 21.0. The van der Waals surface area contributed by atoms with Crippen LogP contribution in [-0.4, -0.2) is 39.9 Å². The molecule has 1 amide bonds. The number of nitrogens with one attached hydrogen (secondary N) is 1. The minimum Gasteiger partial charge on any atom is -0.482 e. The molecule has 0 saturated heterocycles. The van der Waals surface area contributed by atoms with Crippen LogP contribution in [0.1, 0.15) is 33.1 Å². The third-order valence-corrected chi connectivity index (χ3v) is 4.51. The first-order valence-corrected chi connectivity index (χ1v) is 9.19. The summed E-state index contributed by atoms with van der Waals surface area (Å²) in [4.78, 5) is 23.1. The maximum Gasteiger partial charge on any atom is 0.341 e. The molecule has 0 saturated carbocycles. The molecule has 0 unspecified atom stereocenters. The van der Waals surface area contributed by atoms with Gasteiger partial charge in [0.2, 0.25) is 0 Å². The smallest absolute Gasteiger partial charge is 0.341 e. The van der Waals surface area contributed by atoms with Gasteiger partial charge in [0, 0.05) is 24.0 Å². The number of aromatic nitrogens is 2. The van der Waals surface area contributed by atoms with Crippen molar-refractivity contribution < 1.29 is 24.0 Å². The number of hydrogen-bond donors (Lipinski definition) is 2. The van der Waals surface area contributed by atoms with Gasteiger partial charge in [0.1, 0.15) is 11.5 Å². The lowest BCUT2D eigenvalue weighted by Crippen LogP contribution is -2.26. The highest BCUT2D eigenvalue weighted by Gasteiger charge is 2.18. The van der Waals surface area contributed by atoms with E-state index in [0.29, 0.717) is 35.9 Å². The molecule has 3 aromatic rings. The molecule has 0 bridgehead atoms. The van der Waals surface area contributed by atoms with Gasteiger partial charge in [-0.25, -0.2) is 4.79 Å². The molecule has 29 heavy (non-hydrogen) atoms. The van der Waals surface area contributed by atoms with Crippen LogP contribution in [0.5, 0.6) is 5.75 Å². The summed E-state index contributed by atoms with van der Waals surface area (Å²) in [5.41, 5.74) is 3.31. The Kier molecular flexibility index (Phi) is 6.01. The van der Waals surface area contributed by atoms with E-state index in [-0.39, 0.29) is 12.5 Å². The fraction of sp³-hybridized carbons (Fsp3) is 0.286. The van der Waals surface area contributed by atoms with E-state index in [2.05, 4.69) is 10.5 Å². The third-order valence-electron chi connectivity index (χ3n) is 4.51. The van der Waals surface area contributed by atoms with E-state index >= 15 is 0 Å². The molecular formula is C21H23N3O5. The van der Waals surface area contributed by atoms with Crippen LogP contribution in [0.25, 0.3) is 5.82 Å². The van der Waals surface area contributed by atoms with Crippen molar-refractivity contribution in [3.05, 3.63) is 64.7 Å². The maximum atomic E-state index is 12.6. The van der Waals surface area contributed by atoms with Gasteiger partial charge in [-0.3, -0.25) is 9.36 Å². The van der Waals surface area contributed by atoms with Gasteiger partial charge < -0.3 is 19.7 Å². The predicted octanol–water partition coefficient (Wildman–Crippen LogP) is 2.83. The summed E-state index contributed by atoms with van der Waals surface area (Å²) in [5, 5.41) is 15.6. The van der Waals surface area contributed by atoms with Crippen molar-refractivity contribution in [2.24, 2.45) is 0 Å². The average Bonchev–Trinajstić information content (AvgIpc) is 3.23. The average molecular weight is 397 g/mol. The number of amides is 1. The van der Waals surface area contributed by atoms with Crippen molar-refractivity contribution in [2.45, 2.75) is 27.2 Å². The second-order valence-electron chi connectivity index (χ2n) is 6.75. The van der Waals surface area contributed by atoms with Crippen LogP contribution in [0, 0.1) is 20.8 Å². The number of rotatable bonds is 8. The second kappa shape index (κ2) is 8.64. The van der Waals surface area contributed by atoms with Crippen LogP contribution < -0.4 is 10.1 Å². The third kappa shape index (κ3) is 4.84. The van der Waals surface area contributed by atoms with Gasteiger partial charge in [-0.15, -0.1) is 0 Å². The van der Waals surface area contributed by atoms with Crippen LogP contribution in [0.3, 0.4) is 0 Å². The Hall–Kier alpha value is -3.55. The summed E-state index contributed by atoms with van der Waals surface area (Å²) < 4.78 is 12.1. The summed E-state index contributed by atoms with van der Waals surface area (Å²) in [6, 6.07) is 10.8. The van der Waals surface area contributed by atoms with E-state index in [1.165, 1.54) is 0 Å². The number of nitrogens with zero attached hydrogens (tertiary/aromatic N) is 2. The van der Waals surface area contributed by atoms with Crippen LogP contribution >= 0.6 is 0 Å². The lowest BCUT2D eigenvalue weighted by Gasteiger charge is -2.08. The number of ether oxygens (including phenoxy) is 1. The number of hydrogen-bond acceptors (Lipinski definition) is 5. The molecule has 0 aliphatic rings. The minimum atomic E-state index is -1.02. The van der Waals surface area contributed by atoms with E-state index in [1.54, 1.807) is 12.1 Å². The molecule has 0 aliphatic carbocycles. The number of carboxylic acid groups (broad SMARTS) is 1. The standard InChI is InChI=1S/C21H23N3O5/c1-13-10-18(15(3)24(13)19-11-14(2)29-23-19)21(27)22-9-8-16-4-6-17(7-5-16)28-12-20(25)26/h4-7,10-11H,8-9,12H2,1-3H3,(H,22,27)(H,25,26). The molecule has 0 spiro atoms. The van der Waals surface area contributed by atoms with Gasteiger partial charge in [0.25, 0.3) is 5.91 Å². The fourth-order valence-electron chi connectivity index (χ4n) is 3.12. The Labute approximate surface area is 168 Å². The molecular weight excluding hydrogens is 374 g/mol. The first-order chi connectivity index (χ1) is 13.8. The van der Waals surface area contributed by atoms with Gasteiger partial charge >= 0.3 is 5.97 Å². The van der Waals surface area contributed by atoms with Crippen molar-refractivity contribution >= 4 is 11.9 Å². The highest BCUT2D eigenvalue weighted by atomic mass is 16.5. The molecule has 8 nitrogen and oxygen atoms in total. The van der Waals surface area contributed by atoms with Gasteiger partial charge in [-0.2, -0.15) is 0 Å². The number of aryl methyl sites for hydroxylation is 2. The number of benzene rings is 1. The summed E-state index contributed by atoms with van der Waals surface area (Å²) in [6.45, 7) is 5.72. The zero-order valence-corrected chi connectivity index (χ0v) is 16.6. The first-order valence-electron chi connectivity index (χ1n) is 9.19. The van der Waals surface area contributed by atoms with Crippen molar-refractivity contribution in [3.63, 3.8) is 0 Å². The molecule has 2 N–H and O–H groups in total. The van der Waals surface area contributed by atoms with Gasteiger partial charge in [0.05, 0.1) is 5.56 Å². The van der Waals surface area contributed by atoms with Crippen LogP contribution in [0.15, 0.2) is 40.9 Å². The molecule has 8 heteroatoms. The molecule has 0 atom stereocenters. The lowest BCUT2D eigenvalue weighted by atomic mass is 10.1. The highest BCUT2D eigenvalue weighted by Crippen LogP contribution is 2.20. The largest absolute Gasteiger partial charge is 0.482 e. The molecule has 2 heterocycles. The van der Waals surface area contributed by atoms with Gasteiger partial charge in [0.15, 0.2) is 12.4 Å². The van der Waals surface area contributed by atoms with E-state index < -0.39 is 5.97 Å². The molecule has 0 radical (unpaired) electrons. The predicted molar refractivity (Wildman–Crippen MR) is 106 cm³/mol. The van der Waals surface area contributed by atoms with Crippen molar-refractivity contribution in [3.8, 4) is 11.6 Å². The first kappa shape index (κ1) is 20.2. The van der Waals surface area contributed by atoms with E-state index in [0.717, 1.165) is 17.0 Å². The van der Waals surface area contributed by atoms with Crippen LogP contribution in [0.4, 0.5) is 0 Å². The topological polar surface area (TPSA) is 107 Å². The van der Waals surface area contributed by atoms with E-state index in [1.807, 2.05) is 49.6 Å². The maximum absolute atomic E-state index is 12.6. The Balaban J connectivity index is 1.58. The van der Waals surface area contributed by atoms with Crippen molar-refractivity contribution in [1.82, 2.24) is 15.0 Å². The Morgan fingerprint density at radius 1 is 1.17 bits per heavy atom. The van der Waals surface area contributed by atoms with E-state index in [9.17, 15) is 9.59 Å². The van der Waals surface area contributed by atoms with Crippen LogP contribution in [0.2, 0.25) is 0 Å². The number of carbonyl (C=O) groups is 2. The zero-order valence-electron chi connectivity index (χ0n) is 16.6. The Bertz CT molecular complexity index is 1020. The lowest BCUT2D eigenvalue weighted by molar-refractivity contribution is -0.139. The van der Waals surface area contributed by atoms with Crippen molar-refractivity contribution in [1.29, 1.82) is 0 Å². The summed E-state index contributed by atoms with van der Waals surface area (Å²) in [6.07, 6.45) is 0.645. The SMILES string of the molecule is Cc1cc(-n2c(C)cc(C(=O)NCCc3ccc(OCC(=O)O)cc3)c2C)no1. The van der Waals surface area contributed by atoms with E-state index in [4.69, 9.17) is 14.4 Å².